The summed E-state index contributed by atoms with van der Waals surface area (Å²) >= 11 is 7.69. The number of nitrogens with zero attached hydrogens (tertiary/aromatic N) is 3. The first-order chi connectivity index (χ1) is 20.8. The van der Waals surface area contributed by atoms with Crippen molar-refractivity contribution >= 4 is 40.9 Å². The topological polar surface area (TPSA) is 99.5 Å². The molecule has 3 aromatic carbocycles. The van der Waals surface area contributed by atoms with E-state index < -0.39 is 11.9 Å². The van der Waals surface area contributed by atoms with Crippen molar-refractivity contribution < 1.29 is 23.4 Å². The standard InChI is InChI=1S/C31H31ClFN5O4S/c1-5-41-24-13-8-7-12-23(24)35-29(39)27-18(3)34-30-36-31(43-6-2)37-38(30)28(27)19-14-15-25(26(16-19)40-4)42-17-20-21(32)10-9-11-22(20)33/h7-16,28H,5-6,17H2,1-4H3,(H,35,39)(H,34,36,37). The number of thioether (sulfide) groups is 1. The second-order valence-electron chi connectivity index (χ2n) is 9.44. The van der Waals surface area contributed by atoms with Crippen LogP contribution >= 0.6 is 23.4 Å². The number of benzene rings is 3. The molecular formula is C31H31ClFN5O4S. The molecule has 2 N–H and O–H groups in total. The molecule has 5 rings (SSSR count). The largest absolute Gasteiger partial charge is 0.493 e. The smallest absolute Gasteiger partial charge is 0.255 e. The SMILES string of the molecule is CCOc1ccccc1NC(=O)C1=C(C)Nc2nc(SCC)nn2C1c1ccc(OCc2c(F)cccc2Cl)c(OC)c1. The number of para-hydroxylation sites is 2. The summed E-state index contributed by atoms with van der Waals surface area (Å²) in [5, 5.41) is 11.8. The molecule has 0 bridgehead atoms. The van der Waals surface area contributed by atoms with Crippen molar-refractivity contribution in [2.75, 3.05) is 30.1 Å². The molecule has 9 nitrogen and oxygen atoms in total. The number of carbonyl (C=O) groups excluding carboxylic acids is 1. The fraction of sp³-hybridized carbons (Fsp3) is 0.258. The third-order valence-corrected chi connectivity index (χ3v) is 7.80. The van der Waals surface area contributed by atoms with E-state index in [1.807, 2.05) is 39.0 Å². The van der Waals surface area contributed by atoms with Crippen LogP contribution in [-0.4, -0.2) is 40.1 Å². The third-order valence-electron chi connectivity index (χ3n) is 6.72. The van der Waals surface area contributed by atoms with E-state index in [0.29, 0.717) is 57.5 Å². The second kappa shape index (κ2) is 13.4. The number of anilines is 2. The lowest BCUT2D eigenvalue weighted by molar-refractivity contribution is -0.113. The van der Waals surface area contributed by atoms with Crippen LogP contribution in [0.25, 0.3) is 0 Å². The number of rotatable bonds is 11. The summed E-state index contributed by atoms with van der Waals surface area (Å²) < 4.78 is 33.4. The predicted octanol–water partition coefficient (Wildman–Crippen LogP) is 7.10. The highest BCUT2D eigenvalue weighted by Gasteiger charge is 2.35. The number of amides is 1. The number of fused-ring (bicyclic) bond motifs is 1. The van der Waals surface area contributed by atoms with Crippen molar-refractivity contribution in [3.63, 3.8) is 0 Å². The Bertz CT molecular complexity index is 1660. The second-order valence-corrected chi connectivity index (χ2v) is 11.1. The van der Waals surface area contributed by atoms with Crippen molar-refractivity contribution in [2.24, 2.45) is 0 Å². The van der Waals surface area contributed by atoms with Gasteiger partial charge in [-0.3, -0.25) is 4.79 Å². The van der Waals surface area contributed by atoms with Crippen LogP contribution in [0.2, 0.25) is 5.02 Å². The van der Waals surface area contributed by atoms with Crippen molar-refractivity contribution in [3.8, 4) is 17.2 Å². The third kappa shape index (κ3) is 6.42. The normalized spacial score (nSPS) is 14.1. The molecule has 12 heteroatoms. The van der Waals surface area contributed by atoms with E-state index in [4.69, 9.17) is 30.9 Å². The van der Waals surface area contributed by atoms with E-state index in [-0.39, 0.29) is 23.1 Å². The maximum Gasteiger partial charge on any atom is 0.255 e. The Balaban J connectivity index is 1.52. The average Bonchev–Trinajstić information content (AvgIpc) is 3.39. The molecular weight excluding hydrogens is 593 g/mol. The predicted molar refractivity (Wildman–Crippen MR) is 166 cm³/mol. The van der Waals surface area contributed by atoms with Crippen LogP contribution in [0, 0.1) is 5.82 Å². The van der Waals surface area contributed by atoms with Gasteiger partial charge in [-0.15, -0.1) is 5.10 Å². The molecule has 2 heterocycles. The zero-order valence-corrected chi connectivity index (χ0v) is 25.7. The van der Waals surface area contributed by atoms with Crippen LogP contribution in [0.15, 0.2) is 77.1 Å². The van der Waals surface area contributed by atoms with E-state index in [1.165, 1.54) is 31.0 Å². The molecule has 0 spiro atoms. The average molecular weight is 624 g/mol. The van der Waals surface area contributed by atoms with Crippen molar-refractivity contribution in [1.82, 2.24) is 14.8 Å². The summed E-state index contributed by atoms with van der Waals surface area (Å²) in [5.41, 5.74) is 2.56. The minimum absolute atomic E-state index is 0.0920. The van der Waals surface area contributed by atoms with Gasteiger partial charge in [-0.25, -0.2) is 9.07 Å². The number of hydrogen-bond donors (Lipinski definition) is 2. The fourth-order valence-electron chi connectivity index (χ4n) is 4.76. The summed E-state index contributed by atoms with van der Waals surface area (Å²) in [6.45, 7) is 6.09. The van der Waals surface area contributed by atoms with Gasteiger partial charge < -0.3 is 24.8 Å². The molecule has 1 unspecified atom stereocenters. The Hall–Kier alpha value is -4.22. The first-order valence-corrected chi connectivity index (χ1v) is 15.0. The lowest BCUT2D eigenvalue weighted by Gasteiger charge is -2.29. The van der Waals surface area contributed by atoms with E-state index in [2.05, 4.69) is 15.6 Å². The molecule has 1 aliphatic rings. The number of ether oxygens (including phenoxy) is 3. The number of methoxy groups -OCH3 is 1. The number of allylic oxidation sites excluding steroid dienone is 1. The highest BCUT2D eigenvalue weighted by Crippen LogP contribution is 2.40. The summed E-state index contributed by atoms with van der Waals surface area (Å²) in [5.74, 6) is 1.86. The zero-order chi connectivity index (χ0) is 30.5. The molecule has 224 valence electrons. The molecule has 0 aliphatic carbocycles. The maximum atomic E-state index is 14.4. The Kier molecular flexibility index (Phi) is 9.42. The number of halogens is 2. The van der Waals surface area contributed by atoms with E-state index >= 15 is 0 Å². The van der Waals surface area contributed by atoms with Crippen molar-refractivity contribution in [2.45, 2.75) is 38.6 Å². The van der Waals surface area contributed by atoms with Crippen LogP contribution in [-0.2, 0) is 11.4 Å². The first kappa shape index (κ1) is 30.2. The van der Waals surface area contributed by atoms with Gasteiger partial charge >= 0.3 is 0 Å². The maximum absolute atomic E-state index is 14.4. The summed E-state index contributed by atoms with van der Waals surface area (Å²) in [4.78, 5) is 18.6. The zero-order valence-electron chi connectivity index (χ0n) is 24.1. The van der Waals surface area contributed by atoms with E-state index in [0.717, 1.165) is 5.75 Å². The Labute approximate surface area is 258 Å². The molecule has 0 saturated carbocycles. The van der Waals surface area contributed by atoms with Crippen molar-refractivity contribution in [1.29, 1.82) is 0 Å². The number of hydrogen-bond acceptors (Lipinski definition) is 8. The molecule has 1 aromatic heterocycles. The van der Waals surface area contributed by atoms with Gasteiger partial charge in [0.25, 0.3) is 5.91 Å². The summed E-state index contributed by atoms with van der Waals surface area (Å²) in [6.07, 6.45) is 0. The minimum atomic E-state index is -0.654. The van der Waals surface area contributed by atoms with Crippen LogP contribution in [0.5, 0.6) is 17.2 Å². The summed E-state index contributed by atoms with van der Waals surface area (Å²) in [7, 11) is 1.51. The Morgan fingerprint density at radius 1 is 1.09 bits per heavy atom. The lowest BCUT2D eigenvalue weighted by Crippen LogP contribution is -2.31. The molecule has 0 saturated heterocycles. The molecule has 1 aliphatic heterocycles. The fourth-order valence-corrected chi connectivity index (χ4v) is 5.53. The molecule has 0 radical (unpaired) electrons. The van der Waals surface area contributed by atoms with Gasteiger partial charge in [0.2, 0.25) is 11.1 Å². The van der Waals surface area contributed by atoms with Gasteiger partial charge in [0.1, 0.15) is 24.2 Å². The van der Waals surface area contributed by atoms with Gasteiger partial charge in [-0.05, 0) is 61.6 Å². The van der Waals surface area contributed by atoms with E-state index in [9.17, 15) is 9.18 Å². The first-order valence-electron chi connectivity index (χ1n) is 13.7. The van der Waals surface area contributed by atoms with Gasteiger partial charge in [-0.2, -0.15) is 4.98 Å². The van der Waals surface area contributed by atoms with Crippen LogP contribution in [0.3, 0.4) is 0 Å². The molecule has 1 amide bonds. The van der Waals surface area contributed by atoms with Crippen LogP contribution in [0.1, 0.15) is 37.9 Å². The molecule has 0 fully saturated rings. The van der Waals surface area contributed by atoms with Gasteiger partial charge in [0.15, 0.2) is 11.5 Å². The minimum Gasteiger partial charge on any atom is -0.493 e. The summed E-state index contributed by atoms with van der Waals surface area (Å²) in [6, 6.07) is 16.4. The molecule has 1 atom stereocenters. The number of carbonyl (C=O) groups is 1. The molecule has 43 heavy (non-hydrogen) atoms. The quantitative estimate of drug-likeness (QED) is 0.171. The highest BCUT2D eigenvalue weighted by molar-refractivity contribution is 7.99. The van der Waals surface area contributed by atoms with Gasteiger partial charge in [0.05, 0.1) is 30.0 Å². The number of aromatic nitrogens is 3. The highest BCUT2D eigenvalue weighted by atomic mass is 35.5. The molecule has 4 aromatic rings. The monoisotopic (exact) mass is 623 g/mol. The van der Waals surface area contributed by atoms with Gasteiger partial charge in [0, 0.05) is 11.3 Å². The Morgan fingerprint density at radius 2 is 1.91 bits per heavy atom. The van der Waals surface area contributed by atoms with Crippen LogP contribution < -0.4 is 24.8 Å². The Morgan fingerprint density at radius 3 is 2.65 bits per heavy atom. The number of nitrogens with one attached hydrogen (secondary N) is 2. The lowest BCUT2D eigenvalue weighted by atomic mass is 9.94. The van der Waals surface area contributed by atoms with Gasteiger partial charge in [-0.1, -0.05) is 54.6 Å². The van der Waals surface area contributed by atoms with Crippen LogP contribution in [0.4, 0.5) is 16.0 Å². The van der Waals surface area contributed by atoms with Crippen molar-refractivity contribution in [3.05, 3.63) is 93.9 Å². The van der Waals surface area contributed by atoms with E-state index in [1.54, 1.807) is 35.0 Å².